The van der Waals surface area contributed by atoms with Gasteiger partial charge in [0.2, 0.25) is 5.91 Å². The Labute approximate surface area is 137 Å². The number of halogens is 2. The van der Waals surface area contributed by atoms with E-state index in [0.29, 0.717) is 22.0 Å². The molecule has 0 fully saturated rings. The van der Waals surface area contributed by atoms with E-state index in [1.165, 1.54) is 6.20 Å². The summed E-state index contributed by atoms with van der Waals surface area (Å²) >= 11 is 11.8. The normalized spacial score (nSPS) is 10.1. The third kappa shape index (κ3) is 4.72. The summed E-state index contributed by atoms with van der Waals surface area (Å²) in [6, 6.07) is 8.35. The van der Waals surface area contributed by atoms with Gasteiger partial charge in [0.05, 0.1) is 5.56 Å². The Hall–Kier alpha value is -2.11. The van der Waals surface area contributed by atoms with Crippen molar-refractivity contribution in [1.29, 1.82) is 0 Å². The maximum Gasteiger partial charge on any atom is 0.271 e. The van der Waals surface area contributed by atoms with Gasteiger partial charge in [-0.05, 0) is 36.2 Å². The number of hydrogen-bond acceptors (Lipinski definition) is 3. The average molecular weight is 338 g/mol. The molecule has 2 N–H and O–H groups in total. The van der Waals surface area contributed by atoms with Crippen LogP contribution in [0.25, 0.3) is 0 Å². The van der Waals surface area contributed by atoms with Crippen LogP contribution in [0.2, 0.25) is 10.0 Å². The molecule has 0 bridgehead atoms. The van der Waals surface area contributed by atoms with Crippen molar-refractivity contribution < 1.29 is 9.59 Å². The van der Waals surface area contributed by atoms with E-state index in [1.54, 1.807) is 36.5 Å². The van der Waals surface area contributed by atoms with Crippen LogP contribution < -0.4 is 10.9 Å². The van der Waals surface area contributed by atoms with Crippen LogP contribution in [0, 0.1) is 0 Å². The largest absolute Gasteiger partial charge is 0.273 e. The van der Waals surface area contributed by atoms with Crippen LogP contribution in [0.1, 0.15) is 22.3 Å². The van der Waals surface area contributed by atoms with Crippen molar-refractivity contribution in [1.82, 2.24) is 15.8 Å². The molecule has 22 heavy (non-hydrogen) atoms. The van der Waals surface area contributed by atoms with Crippen molar-refractivity contribution in [2.75, 3.05) is 0 Å². The lowest BCUT2D eigenvalue weighted by molar-refractivity contribution is -0.121. The first-order valence-corrected chi connectivity index (χ1v) is 7.25. The Kier molecular flexibility index (Phi) is 5.75. The van der Waals surface area contributed by atoms with Crippen molar-refractivity contribution in [3.8, 4) is 0 Å². The Balaban J connectivity index is 1.80. The molecule has 0 aliphatic rings. The number of carbonyl (C=O) groups excluding carboxylic acids is 2. The summed E-state index contributed by atoms with van der Waals surface area (Å²) in [5.74, 6) is -0.741. The van der Waals surface area contributed by atoms with E-state index in [1.807, 2.05) is 0 Å². The van der Waals surface area contributed by atoms with Crippen molar-refractivity contribution in [3.05, 3.63) is 63.9 Å². The molecule has 5 nitrogen and oxygen atoms in total. The lowest BCUT2D eigenvalue weighted by atomic mass is 10.1. The van der Waals surface area contributed by atoms with Gasteiger partial charge < -0.3 is 0 Å². The number of hydrazine groups is 1. The van der Waals surface area contributed by atoms with E-state index >= 15 is 0 Å². The summed E-state index contributed by atoms with van der Waals surface area (Å²) in [5, 5.41) is 1.06. The third-order valence-electron chi connectivity index (χ3n) is 2.88. The number of rotatable bonds is 4. The summed E-state index contributed by atoms with van der Waals surface area (Å²) in [4.78, 5) is 27.3. The quantitative estimate of drug-likeness (QED) is 0.842. The second-order valence-corrected chi connectivity index (χ2v) is 5.32. The van der Waals surface area contributed by atoms with Gasteiger partial charge in [0, 0.05) is 28.9 Å². The highest BCUT2D eigenvalue weighted by Crippen LogP contribution is 2.21. The fourth-order valence-corrected chi connectivity index (χ4v) is 2.23. The molecular formula is C15H13Cl2N3O2. The predicted molar refractivity (Wildman–Crippen MR) is 84.6 cm³/mol. The summed E-state index contributed by atoms with van der Waals surface area (Å²) in [7, 11) is 0. The zero-order valence-electron chi connectivity index (χ0n) is 11.5. The van der Waals surface area contributed by atoms with Crippen LogP contribution in [-0.2, 0) is 11.2 Å². The predicted octanol–water partition coefficient (Wildman–Crippen LogP) is 2.78. The van der Waals surface area contributed by atoms with Crippen LogP contribution in [0.5, 0.6) is 0 Å². The first-order valence-electron chi connectivity index (χ1n) is 6.49. The highest BCUT2D eigenvalue weighted by Gasteiger charge is 2.08. The topological polar surface area (TPSA) is 71.1 Å². The number of nitrogens with zero attached hydrogens (tertiary/aromatic N) is 1. The van der Waals surface area contributed by atoms with E-state index in [2.05, 4.69) is 15.8 Å². The number of benzene rings is 1. The SMILES string of the molecule is O=C(CCc1ccc(Cl)cc1Cl)NNC(=O)c1cccnc1. The molecule has 0 aliphatic carbocycles. The van der Waals surface area contributed by atoms with Gasteiger partial charge in [0.15, 0.2) is 0 Å². The average Bonchev–Trinajstić information content (AvgIpc) is 2.52. The van der Waals surface area contributed by atoms with Crippen LogP contribution in [-0.4, -0.2) is 16.8 Å². The summed E-state index contributed by atoms with van der Waals surface area (Å²) in [5.41, 5.74) is 5.86. The fraction of sp³-hybridized carbons (Fsp3) is 0.133. The van der Waals surface area contributed by atoms with Gasteiger partial charge in [-0.3, -0.25) is 25.4 Å². The molecule has 0 aliphatic heterocycles. The molecule has 0 radical (unpaired) electrons. The first kappa shape index (κ1) is 16.3. The Morgan fingerprint density at radius 3 is 2.64 bits per heavy atom. The number of pyridine rings is 1. The minimum Gasteiger partial charge on any atom is -0.273 e. The van der Waals surface area contributed by atoms with Gasteiger partial charge in [-0.15, -0.1) is 0 Å². The molecule has 0 saturated heterocycles. The number of amides is 2. The first-order chi connectivity index (χ1) is 10.6. The minimum absolute atomic E-state index is 0.189. The van der Waals surface area contributed by atoms with E-state index in [4.69, 9.17) is 23.2 Å². The molecule has 0 spiro atoms. The van der Waals surface area contributed by atoms with Gasteiger partial charge in [0.25, 0.3) is 5.91 Å². The van der Waals surface area contributed by atoms with Crippen molar-refractivity contribution in [2.24, 2.45) is 0 Å². The molecule has 114 valence electrons. The number of aryl methyl sites for hydroxylation is 1. The van der Waals surface area contributed by atoms with Crippen LogP contribution in [0.15, 0.2) is 42.7 Å². The van der Waals surface area contributed by atoms with Gasteiger partial charge in [-0.1, -0.05) is 29.3 Å². The Morgan fingerprint density at radius 1 is 1.14 bits per heavy atom. The second kappa shape index (κ2) is 7.77. The Bertz CT molecular complexity index is 678. The summed E-state index contributed by atoms with van der Waals surface area (Å²) < 4.78 is 0. The number of nitrogens with one attached hydrogen (secondary N) is 2. The second-order valence-electron chi connectivity index (χ2n) is 4.48. The van der Waals surface area contributed by atoms with E-state index in [-0.39, 0.29) is 12.3 Å². The Morgan fingerprint density at radius 2 is 1.95 bits per heavy atom. The third-order valence-corrected chi connectivity index (χ3v) is 3.46. The molecule has 2 rings (SSSR count). The summed E-state index contributed by atoms with van der Waals surface area (Å²) in [6.45, 7) is 0. The molecule has 1 aromatic heterocycles. The van der Waals surface area contributed by atoms with Crippen LogP contribution >= 0.6 is 23.2 Å². The number of hydrogen-bond donors (Lipinski definition) is 2. The van der Waals surface area contributed by atoms with E-state index in [0.717, 1.165) is 5.56 Å². The molecule has 0 atom stereocenters. The molecular weight excluding hydrogens is 325 g/mol. The highest BCUT2D eigenvalue weighted by molar-refractivity contribution is 6.35. The standard InChI is InChI=1S/C15H13Cl2N3O2/c16-12-5-3-10(13(17)8-12)4-6-14(21)19-20-15(22)11-2-1-7-18-9-11/h1-3,5,7-9H,4,6H2,(H,19,21)(H,20,22). The molecule has 0 unspecified atom stereocenters. The number of carbonyl (C=O) groups is 2. The number of aromatic nitrogens is 1. The van der Waals surface area contributed by atoms with Crippen LogP contribution in [0.4, 0.5) is 0 Å². The lowest BCUT2D eigenvalue weighted by Crippen LogP contribution is -2.41. The van der Waals surface area contributed by atoms with Gasteiger partial charge in [-0.25, -0.2) is 0 Å². The molecule has 2 amide bonds. The van der Waals surface area contributed by atoms with Gasteiger partial charge in [-0.2, -0.15) is 0 Å². The fourth-order valence-electron chi connectivity index (χ4n) is 1.73. The van der Waals surface area contributed by atoms with Gasteiger partial charge >= 0.3 is 0 Å². The zero-order valence-corrected chi connectivity index (χ0v) is 13.0. The zero-order chi connectivity index (χ0) is 15.9. The monoisotopic (exact) mass is 337 g/mol. The van der Waals surface area contributed by atoms with Crippen molar-refractivity contribution in [3.63, 3.8) is 0 Å². The minimum atomic E-state index is -0.425. The smallest absolute Gasteiger partial charge is 0.271 e. The molecule has 7 heteroatoms. The maximum atomic E-state index is 11.7. The van der Waals surface area contributed by atoms with E-state index < -0.39 is 5.91 Å². The van der Waals surface area contributed by atoms with Crippen LogP contribution in [0.3, 0.4) is 0 Å². The molecule has 0 saturated carbocycles. The summed E-state index contributed by atoms with van der Waals surface area (Å²) in [6.07, 6.45) is 3.61. The van der Waals surface area contributed by atoms with E-state index in [9.17, 15) is 9.59 Å². The van der Waals surface area contributed by atoms with Crippen molar-refractivity contribution >= 4 is 35.0 Å². The van der Waals surface area contributed by atoms with Gasteiger partial charge in [0.1, 0.15) is 0 Å². The lowest BCUT2D eigenvalue weighted by Gasteiger charge is -2.08. The molecule has 2 aromatic rings. The molecule has 1 heterocycles. The molecule has 1 aromatic carbocycles. The van der Waals surface area contributed by atoms with Crippen molar-refractivity contribution in [2.45, 2.75) is 12.8 Å². The highest BCUT2D eigenvalue weighted by atomic mass is 35.5. The maximum absolute atomic E-state index is 11.7.